The van der Waals surface area contributed by atoms with Crippen LogP contribution < -0.4 is 19.7 Å². The molecule has 0 saturated heterocycles. The molecule has 0 aliphatic carbocycles. The number of hydrogen-bond donors (Lipinski definition) is 2. The second-order valence-corrected chi connectivity index (χ2v) is 8.64. The molecular weight excluding hydrogens is 394 g/mol. The van der Waals surface area contributed by atoms with Crippen LogP contribution in [0.15, 0.2) is 42.5 Å². The summed E-state index contributed by atoms with van der Waals surface area (Å²) in [5, 5.41) is 5.12. The number of hydrogen-bond acceptors (Lipinski definition) is 5. The SMILES string of the molecule is COc1ccccc1CNC(=O)C(=O)Nc1ccc2c(c1)CCCN2S(C)(=O)=O. The zero-order valence-corrected chi connectivity index (χ0v) is 17.1. The zero-order valence-electron chi connectivity index (χ0n) is 16.3. The molecule has 8 nitrogen and oxygen atoms in total. The molecule has 3 rings (SSSR count). The van der Waals surface area contributed by atoms with Gasteiger partial charge in [-0.2, -0.15) is 0 Å². The number of anilines is 2. The van der Waals surface area contributed by atoms with Gasteiger partial charge in [-0.15, -0.1) is 0 Å². The summed E-state index contributed by atoms with van der Waals surface area (Å²) in [4.78, 5) is 24.4. The number of ether oxygens (including phenoxy) is 1. The first kappa shape index (κ1) is 20.7. The molecule has 0 saturated carbocycles. The molecule has 0 aromatic heterocycles. The van der Waals surface area contributed by atoms with Crippen LogP contribution in [0.5, 0.6) is 5.75 Å². The Kier molecular flexibility index (Phi) is 6.07. The normalized spacial score (nSPS) is 13.4. The maximum absolute atomic E-state index is 12.2. The van der Waals surface area contributed by atoms with Gasteiger partial charge in [0.05, 0.1) is 19.1 Å². The number of amides is 2. The standard InChI is InChI=1S/C20H23N3O5S/c1-28-18-8-4-3-6-15(18)13-21-19(24)20(25)22-16-9-10-17-14(12-16)7-5-11-23(17)29(2,26)27/h3-4,6,8-10,12H,5,7,11,13H2,1-2H3,(H,21,24)(H,22,25). The molecule has 1 aliphatic heterocycles. The molecule has 2 amide bonds. The van der Waals surface area contributed by atoms with Crippen molar-refractivity contribution in [1.82, 2.24) is 5.32 Å². The predicted octanol–water partition coefficient (Wildman–Crippen LogP) is 1.66. The molecule has 2 N–H and O–H groups in total. The molecular formula is C20H23N3O5S. The van der Waals surface area contributed by atoms with Gasteiger partial charge in [0, 0.05) is 24.3 Å². The van der Waals surface area contributed by atoms with E-state index in [0.717, 1.165) is 11.1 Å². The molecule has 154 valence electrons. The van der Waals surface area contributed by atoms with E-state index in [-0.39, 0.29) is 6.54 Å². The maximum Gasteiger partial charge on any atom is 0.313 e. The topological polar surface area (TPSA) is 105 Å². The van der Waals surface area contributed by atoms with Crippen LogP contribution in [0.25, 0.3) is 0 Å². The van der Waals surface area contributed by atoms with Crippen molar-refractivity contribution < 1.29 is 22.7 Å². The first-order valence-electron chi connectivity index (χ1n) is 9.11. The van der Waals surface area contributed by atoms with Gasteiger partial charge in [0.15, 0.2) is 0 Å². The molecule has 1 aliphatic rings. The van der Waals surface area contributed by atoms with E-state index in [1.54, 1.807) is 30.3 Å². The van der Waals surface area contributed by atoms with Gasteiger partial charge in [0.25, 0.3) is 0 Å². The molecule has 29 heavy (non-hydrogen) atoms. The van der Waals surface area contributed by atoms with Crippen molar-refractivity contribution in [2.45, 2.75) is 19.4 Å². The fourth-order valence-electron chi connectivity index (χ4n) is 3.28. The van der Waals surface area contributed by atoms with Gasteiger partial charge in [-0.3, -0.25) is 13.9 Å². The summed E-state index contributed by atoms with van der Waals surface area (Å²) < 4.78 is 30.4. The Labute approximate surface area is 169 Å². The summed E-state index contributed by atoms with van der Waals surface area (Å²) in [6.07, 6.45) is 2.56. The minimum atomic E-state index is -3.36. The van der Waals surface area contributed by atoms with E-state index < -0.39 is 21.8 Å². The summed E-state index contributed by atoms with van der Waals surface area (Å²) in [6, 6.07) is 12.2. The highest BCUT2D eigenvalue weighted by atomic mass is 32.2. The van der Waals surface area contributed by atoms with Crippen LogP contribution in [0.3, 0.4) is 0 Å². The van der Waals surface area contributed by atoms with Crippen LogP contribution in [0, 0.1) is 0 Å². The van der Waals surface area contributed by atoms with Crippen molar-refractivity contribution in [3.8, 4) is 5.75 Å². The first-order chi connectivity index (χ1) is 13.8. The average molecular weight is 417 g/mol. The lowest BCUT2D eigenvalue weighted by atomic mass is 10.0. The van der Waals surface area contributed by atoms with E-state index in [1.165, 1.54) is 17.7 Å². The Balaban J connectivity index is 1.65. The minimum Gasteiger partial charge on any atom is -0.496 e. The Morgan fingerprint density at radius 3 is 2.62 bits per heavy atom. The van der Waals surface area contributed by atoms with Crippen molar-refractivity contribution in [1.29, 1.82) is 0 Å². The first-order valence-corrected chi connectivity index (χ1v) is 11.0. The van der Waals surface area contributed by atoms with Gasteiger partial charge in [0.2, 0.25) is 10.0 Å². The Hall–Kier alpha value is -3.07. The van der Waals surface area contributed by atoms with E-state index >= 15 is 0 Å². The molecule has 1 heterocycles. The number of nitrogens with zero attached hydrogens (tertiary/aromatic N) is 1. The van der Waals surface area contributed by atoms with Gasteiger partial charge in [-0.1, -0.05) is 18.2 Å². The van der Waals surface area contributed by atoms with E-state index in [2.05, 4.69) is 10.6 Å². The van der Waals surface area contributed by atoms with Crippen molar-refractivity contribution in [2.75, 3.05) is 29.5 Å². The van der Waals surface area contributed by atoms with Crippen LogP contribution in [-0.4, -0.2) is 40.1 Å². The summed E-state index contributed by atoms with van der Waals surface area (Å²) in [5.41, 5.74) is 2.62. The highest BCUT2D eigenvalue weighted by molar-refractivity contribution is 7.92. The third kappa shape index (κ3) is 4.86. The van der Waals surface area contributed by atoms with E-state index in [4.69, 9.17) is 4.74 Å². The van der Waals surface area contributed by atoms with Crippen LogP contribution in [-0.2, 0) is 32.6 Å². The summed E-state index contributed by atoms with van der Waals surface area (Å²) in [5.74, 6) is -0.944. The molecule has 9 heteroatoms. The van der Waals surface area contributed by atoms with Crippen LogP contribution >= 0.6 is 0 Å². The average Bonchev–Trinajstić information content (AvgIpc) is 2.70. The van der Waals surface area contributed by atoms with Crippen molar-refractivity contribution in [3.05, 3.63) is 53.6 Å². The quantitative estimate of drug-likeness (QED) is 0.720. The number of carbonyl (C=O) groups is 2. The predicted molar refractivity (Wildman–Crippen MR) is 110 cm³/mol. The summed E-state index contributed by atoms with van der Waals surface area (Å²) >= 11 is 0. The van der Waals surface area contributed by atoms with Gasteiger partial charge in [0.1, 0.15) is 5.75 Å². The fraction of sp³-hybridized carbons (Fsp3) is 0.300. The minimum absolute atomic E-state index is 0.157. The third-order valence-electron chi connectivity index (χ3n) is 4.65. The Bertz CT molecular complexity index is 1040. The molecule has 2 aromatic carbocycles. The number of benzene rings is 2. The molecule has 0 spiro atoms. The number of nitrogens with one attached hydrogen (secondary N) is 2. The van der Waals surface area contributed by atoms with Crippen molar-refractivity contribution in [2.24, 2.45) is 0 Å². The number of methoxy groups -OCH3 is 1. The highest BCUT2D eigenvalue weighted by Crippen LogP contribution is 2.31. The number of sulfonamides is 1. The van der Waals surface area contributed by atoms with Crippen molar-refractivity contribution in [3.63, 3.8) is 0 Å². The molecule has 0 unspecified atom stereocenters. The van der Waals surface area contributed by atoms with Gasteiger partial charge in [-0.25, -0.2) is 8.42 Å². The van der Waals surface area contributed by atoms with E-state index in [9.17, 15) is 18.0 Å². The van der Waals surface area contributed by atoms with Crippen LogP contribution in [0.2, 0.25) is 0 Å². The van der Waals surface area contributed by atoms with Gasteiger partial charge >= 0.3 is 11.8 Å². The molecule has 0 radical (unpaired) electrons. The number of fused-ring (bicyclic) bond motifs is 1. The number of para-hydroxylation sites is 1. The lowest BCUT2D eigenvalue weighted by Gasteiger charge is -2.29. The van der Waals surface area contributed by atoms with Crippen LogP contribution in [0.4, 0.5) is 11.4 Å². The molecule has 0 bridgehead atoms. The second kappa shape index (κ2) is 8.52. The second-order valence-electron chi connectivity index (χ2n) is 6.73. The fourth-order valence-corrected chi connectivity index (χ4v) is 4.27. The number of carbonyl (C=O) groups excluding carboxylic acids is 2. The molecule has 0 fully saturated rings. The Morgan fingerprint density at radius 2 is 1.90 bits per heavy atom. The van der Waals surface area contributed by atoms with Gasteiger partial charge in [-0.05, 0) is 42.7 Å². The third-order valence-corrected chi connectivity index (χ3v) is 5.83. The van der Waals surface area contributed by atoms with Gasteiger partial charge < -0.3 is 15.4 Å². The smallest absolute Gasteiger partial charge is 0.313 e. The van der Waals surface area contributed by atoms with E-state index in [0.29, 0.717) is 36.5 Å². The summed E-state index contributed by atoms with van der Waals surface area (Å²) in [6.45, 7) is 0.590. The zero-order chi connectivity index (χ0) is 21.0. The number of rotatable bonds is 5. The largest absolute Gasteiger partial charge is 0.496 e. The Morgan fingerprint density at radius 1 is 1.14 bits per heavy atom. The van der Waals surface area contributed by atoms with Crippen LogP contribution in [0.1, 0.15) is 17.5 Å². The molecule has 2 aromatic rings. The monoisotopic (exact) mass is 417 g/mol. The highest BCUT2D eigenvalue weighted by Gasteiger charge is 2.24. The van der Waals surface area contributed by atoms with Crippen molar-refractivity contribution >= 4 is 33.2 Å². The number of aryl methyl sites for hydroxylation is 1. The summed E-state index contributed by atoms with van der Waals surface area (Å²) in [7, 11) is -1.82. The van der Waals surface area contributed by atoms with E-state index in [1.807, 2.05) is 12.1 Å². The molecule has 0 atom stereocenters. The maximum atomic E-state index is 12.2. The lowest BCUT2D eigenvalue weighted by molar-refractivity contribution is -0.136. The lowest BCUT2D eigenvalue weighted by Crippen LogP contribution is -2.35.